The molecule has 0 unspecified atom stereocenters. The molecule has 1 atom stereocenters. The molecule has 0 saturated heterocycles. The third kappa shape index (κ3) is 5.83. The van der Waals surface area contributed by atoms with Crippen molar-refractivity contribution in [2.75, 3.05) is 12.4 Å². The molecule has 0 heterocycles. The van der Waals surface area contributed by atoms with E-state index in [9.17, 15) is 9.59 Å². The lowest BCUT2D eigenvalue weighted by Crippen LogP contribution is -2.45. The van der Waals surface area contributed by atoms with Crippen LogP contribution >= 0.6 is 11.6 Å². The van der Waals surface area contributed by atoms with E-state index in [0.717, 1.165) is 5.56 Å². The Labute approximate surface area is 174 Å². The van der Waals surface area contributed by atoms with Crippen LogP contribution in [0.1, 0.15) is 15.9 Å². The van der Waals surface area contributed by atoms with E-state index in [-0.39, 0.29) is 11.8 Å². The number of halogens is 1. The average Bonchev–Trinajstić information content (AvgIpc) is 2.75. The van der Waals surface area contributed by atoms with E-state index >= 15 is 0 Å². The van der Waals surface area contributed by atoms with Crippen molar-refractivity contribution < 1.29 is 14.3 Å². The first-order chi connectivity index (χ1) is 14.0. The van der Waals surface area contributed by atoms with E-state index in [4.69, 9.17) is 16.3 Å². The normalized spacial score (nSPS) is 11.4. The van der Waals surface area contributed by atoms with Crippen LogP contribution in [0.4, 0.5) is 5.69 Å². The highest BCUT2D eigenvalue weighted by molar-refractivity contribution is 6.30. The van der Waals surface area contributed by atoms with Gasteiger partial charge in [0.25, 0.3) is 5.91 Å². The summed E-state index contributed by atoms with van der Waals surface area (Å²) in [5, 5.41) is 6.22. The summed E-state index contributed by atoms with van der Waals surface area (Å²) in [4.78, 5) is 25.6. The highest BCUT2D eigenvalue weighted by atomic mass is 35.5. The number of benzene rings is 3. The van der Waals surface area contributed by atoms with Gasteiger partial charge in [-0.25, -0.2) is 0 Å². The predicted molar refractivity (Wildman–Crippen MR) is 114 cm³/mol. The Bertz CT molecular complexity index is 958. The Morgan fingerprint density at radius 1 is 0.931 bits per heavy atom. The van der Waals surface area contributed by atoms with Gasteiger partial charge in [-0.15, -0.1) is 0 Å². The molecule has 0 fully saturated rings. The van der Waals surface area contributed by atoms with Crippen LogP contribution in [0.3, 0.4) is 0 Å². The summed E-state index contributed by atoms with van der Waals surface area (Å²) in [6.07, 6.45) is 0.363. The van der Waals surface area contributed by atoms with Crippen molar-refractivity contribution in [2.45, 2.75) is 12.5 Å². The van der Waals surface area contributed by atoms with Gasteiger partial charge in [-0.05, 0) is 54.1 Å². The number of rotatable bonds is 7. The van der Waals surface area contributed by atoms with Gasteiger partial charge in [-0.1, -0.05) is 41.9 Å². The number of hydrogen-bond acceptors (Lipinski definition) is 3. The van der Waals surface area contributed by atoms with Crippen LogP contribution in [0.15, 0.2) is 78.9 Å². The molecule has 3 aromatic rings. The number of hydrogen-bond donors (Lipinski definition) is 2. The third-order valence-corrected chi connectivity index (χ3v) is 4.62. The summed E-state index contributed by atoms with van der Waals surface area (Å²) >= 11 is 5.89. The van der Waals surface area contributed by atoms with Crippen molar-refractivity contribution >= 4 is 29.1 Å². The zero-order valence-electron chi connectivity index (χ0n) is 15.9. The summed E-state index contributed by atoms with van der Waals surface area (Å²) in [6, 6.07) is 22.3. The number of anilines is 1. The molecule has 2 amide bonds. The van der Waals surface area contributed by atoms with Crippen LogP contribution in [0.5, 0.6) is 5.75 Å². The summed E-state index contributed by atoms with van der Waals surface area (Å²) in [7, 11) is 1.58. The number of carbonyl (C=O) groups is 2. The van der Waals surface area contributed by atoms with Crippen LogP contribution in [0.2, 0.25) is 5.02 Å². The first kappa shape index (κ1) is 20.4. The Kier molecular flexibility index (Phi) is 6.87. The van der Waals surface area contributed by atoms with Gasteiger partial charge in [0.15, 0.2) is 0 Å². The second-order valence-corrected chi connectivity index (χ2v) is 6.88. The molecule has 0 spiro atoms. The van der Waals surface area contributed by atoms with Gasteiger partial charge in [0.05, 0.1) is 7.11 Å². The van der Waals surface area contributed by atoms with Crippen molar-refractivity contribution in [3.63, 3.8) is 0 Å². The van der Waals surface area contributed by atoms with Crippen LogP contribution in [0.25, 0.3) is 0 Å². The van der Waals surface area contributed by atoms with Gasteiger partial charge in [0.2, 0.25) is 5.91 Å². The maximum Gasteiger partial charge on any atom is 0.251 e. The topological polar surface area (TPSA) is 67.4 Å². The minimum Gasteiger partial charge on any atom is -0.497 e. The molecular weight excluding hydrogens is 388 g/mol. The highest BCUT2D eigenvalue weighted by Crippen LogP contribution is 2.16. The van der Waals surface area contributed by atoms with Crippen LogP contribution in [0, 0.1) is 0 Å². The third-order valence-electron chi connectivity index (χ3n) is 4.37. The van der Waals surface area contributed by atoms with Crippen molar-refractivity contribution in [3.05, 3.63) is 95.0 Å². The van der Waals surface area contributed by atoms with E-state index in [1.807, 2.05) is 30.3 Å². The molecule has 0 aliphatic heterocycles. The second-order valence-electron chi connectivity index (χ2n) is 6.44. The number of amides is 2. The Morgan fingerprint density at radius 3 is 2.21 bits per heavy atom. The first-order valence-electron chi connectivity index (χ1n) is 9.10. The van der Waals surface area contributed by atoms with E-state index in [2.05, 4.69) is 10.6 Å². The monoisotopic (exact) mass is 408 g/mol. The molecule has 148 valence electrons. The molecule has 2 N–H and O–H groups in total. The van der Waals surface area contributed by atoms with Crippen molar-refractivity contribution in [1.82, 2.24) is 5.32 Å². The zero-order valence-corrected chi connectivity index (χ0v) is 16.6. The molecule has 29 heavy (non-hydrogen) atoms. The van der Waals surface area contributed by atoms with Crippen molar-refractivity contribution in [2.24, 2.45) is 0 Å². The van der Waals surface area contributed by atoms with Gasteiger partial charge in [-0.2, -0.15) is 0 Å². The van der Waals surface area contributed by atoms with Crippen molar-refractivity contribution in [3.8, 4) is 5.75 Å². The fraction of sp³-hybridized carbons (Fsp3) is 0.130. The Morgan fingerprint density at radius 2 is 1.59 bits per heavy atom. The standard InChI is InChI=1S/C23H21ClN2O3/c1-29-20-13-11-19(12-14-20)25-23(28)21(15-16-5-3-2-4-6-16)26-22(27)17-7-9-18(24)10-8-17/h2-14,21H,15H2,1H3,(H,25,28)(H,26,27)/t21-/m0/s1. The molecule has 3 aromatic carbocycles. The number of methoxy groups -OCH3 is 1. The minimum absolute atomic E-state index is 0.304. The van der Waals surface area contributed by atoms with Gasteiger partial charge < -0.3 is 15.4 Å². The molecular formula is C23H21ClN2O3. The summed E-state index contributed by atoms with van der Waals surface area (Å²) in [5.41, 5.74) is 2.00. The minimum atomic E-state index is -0.748. The summed E-state index contributed by atoms with van der Waals surface area (Å²) in [6.45, 7) is 0. The highest BCUT2D eigenvalue weighted by Gasteiger charge is 2.22. The van der Waals surface area contributed by atoms with Gasteiger partial charge in [0, 0.05) is 22.7 Å². The van der Waals surface area contributed by atoms with Crippen LogP contribution < -0.4 is 15.4 Å². The molecule has 6 heteroatoms. The fourth-order valence-corrected chi connectivity index (χ4v) is 2.93. The molecule has 0 bridgehead atoms. The van der Waals surface area contributed by atoms with Crippen molar-refractivity contribution in [1.29, 1.82) is 0 Å². The molecule has 0 aliphatic carbocycles. The second kappa shape index (κ2) is 9.75. The van der Waals surface area contributed by atoms with Gasteiger partial charge in [0.1, 0.15) is 11.8 Å². The van der Waals surface area contributed by atoms with Gasteiger partial charge >= 0.3 is 0 Å². The number of ether oxygens (including phenoxy) is 1. The summed E-state index contributed by atoms with van der Waals surface area (Å²) in [5.74, 6) is 0.0497. The zero-order chi connectivity index (χ0) is 20.6. The Balaban J connectivity index is 1.76. The molecule has 0 aromatic heterocycles. The SMILES string of the molecule is COc1ccc(NC(=O)[C@H](Cc2ccccc2)NC(=O)c2ccc(Cl)cc2)cc1. The molecule has 5 nitrogen and oxygen atoms in total. The molecule has 0 aliphatic rings. The van der Waals surface area contributed by atoms with E-state index in [0.29, 0.717) is 28.4 Å². The number of carbonyl (C=O) groups excluding carboxylic acids is 2. The quantitative estimate of drug-likeness (QED) is 0.611. The number of nitrogens with one attached hydrogen (secondary N) is 2. The fourth-order valence-electron chi connectivity index (χ4n) is 2.81. The lowest BCUT2D eigenvalue weighted by Gasteiger charge is -2.19. The molecule has 0 radical (unpaired) electrons. The molecule has 3 rings (SSSR count). The first-order valence-corrected chi connectivity index (χ1v) is 9.48. The largest absolute Gasteiger partial charge is 0.497 e. The van der Waals surface area contributed by atoms with E-state index in [1.54, 1.807) is 55.6 Å². The Hall–Kier alpha value is -3.31. The maximum absolute atomic E-state index is 12.9. The molecule has 0 saturated carbocycles. The van der Waals surface area contributed by atoms with Crippen LogP contribution in [-0.4, -0.2) is 25.0 Å². The maximum atomic E-state index is 12.9. The predicted octanol–water partition coefficient (Wildman–Crippen LogP) is 4.33. The van der Waals surface area contributed by atoms with Gasteiger partial charge in [-0.3, -0.25) is 9.59 Å². The average molecular weight is 409 g/mol. The van der Waals surface area contributed by atoms with Crippen LogP contribution in [-0.2, 0) is 11.2 Å². The van der Waals surface area contributed by atoms with E-state index < -0.39 is 6.04 Å². The lowest BCUT2D eigenvalue weighted by atomic mass is 10.0. The smallest absolute Gasteiger partial charge is 0.251 e. The lowest BCUT2D eigenvalue weighted by molar-refractivity contribution is -0.118. The summed E-state index contributed by atoms with van der Waals surface area (Å²) < 4.78 is 5.13. The van der Waals surface area contributed by atoms with E-state index in [1.165, 1.54) is 0 Å².